The Kier molecular flexibility index (Phi) is 25.5. The van der Waals surface area contributed by atoms with Crippen LogP contribution in [-0.4, -0.2) is 24.3 Å². The lowest BCUT2D eigenvalue weighted by molar-refractivity contribution is -0.144. The molecule has 0 atom stereocenters. The van der Waals surface area contributed by atoms with E-state index in [9.17, 15) is 4.79 Å². The fourth-order valence-electron chi connectivity index (χ4n) is 3.72. The lowest BCUT2D eigenvalue weighted by atomic mass is 10.0. The van der Waals surface area contributed by atoms with Crippen LogP contribution in [-0.2, 0) is 9.53 Å². The number of esters is 1. The molecule has 0 saturated heterocycles. The molecule has 3 nitrogen and oxygen atoms in total. The molecule has 0 aliphatic rings. The molecule has 0 fully saturated rings. The van der Waals surface area contributed by atoms with Gasteiger partial charge in [-0.1, -0.05) is 109 Å². The molecule has 0 radical (unpaired) electrons. The Bertz CT molecular complexity index is 365. The molecule has 0 rings (SSSR count). The first-order chi connectivity index (χ1) is 14.8. The van der Waals surface area contributed by atoms with Crippen molar-refractivity contribution in [3.05, 3.63) is 12.2 Å². The van der Waals surface area contributed by atoms with Crippen molar-refractivity contribution in [2.45, 2.75) is 142 Å². The number of rotatable bonds is 24. The minimum Gasteiger partial charge on any atom is -0.466 e. The monoisotopic (exact) mass is 424 g/mol. The Hall–Kier alpha value is -0.830. The molecule has 0 unspecified atom stereocenters. The van der Waals surface area contributed by atoms with Gasteiger partial charge in [0.1, 0.15) is 0 Å². The molecule has 1 N–H and O–H groups in total. The predicted octanol–water partition coefficient (Wildman–Crippen LogP) is 8.29. The van der Waals surface area contributed by atoms with Crippen molar-refractivity contribution < 1.29 is 14.6 Å². The van der Waals surface area contributed by atoms with Crippen LogP contribution in [0, 0.1) is 0 Å². The first kappa shape index (κ1) is 29.2. The zero-order valence-electron chi connectivity index (χ0n) is 20.2. The minimum absolute atomic E-state index is 0.0873. The number of unbranched alkanes of at least 4 members (excludes halogenated alkanes) is 17. The molecule has 0 aliphatic carbocycles. The van der Waals surface area contributed by atoms with Crippen LogP contribution >= 0.6 is 0 Å². The summed E-state index contributed by atoms with van der Waals surface area (Å²) in [6, 6.07) is 0. The van der Waals surface area contributed by atoms with Gasteiger partial charge in [-0.15, -0.1) is 0 Å². The van der Waals surface area contributed by atoms with Gasteiger partial charge in [0.15, 0.2) is 0 Å². The molecule has 0 aromatic rings. The van der Waals surface area contributed by atoms with Crippen molar-refractivity contribution in [1.29, 1.82) is 0 Å². The molecule has 178 valence electrons. The quantitative estimate of drug-likeness (QED) is 0.0962. The Morgan fingerprint density at radius 3 is 1.53 bits per heavy atom. The van der Waals surface area contributed by atoms with Gasteiger partial charge in [-0.25, -0.2) is 0 Å². The van der Waals surface area contributed by atoms with E-state index in [1.165, 1.54) is 109 Å². The Morgan fingerprint density at radius 1 is 0.633 bits per heavy atom. The standard InChI is InChI=1S/C27H52O3/c1-2-3-4-5-6-7-8-9-10-11-12-13-14-15-16-17-18-19-20-21-22-24-27(29)30-26-23-25-28/h9-10,28H,2-8,11-26H2,1H3/b10-9-. The van der Waals surface area contributed by atoms with Gasteiger partial charge in [-0.05, 0) is 32.1 Å². The van der Waals surface area contributed by atoms with Crippen LogP contribution in [0.3, 0.4) is 0 Å². The van der Waals surface area contributed by atoms with Gasteiger partial charge in [0.05, 0.1) is 6.61 Å². The summed E-state index contributed by atoms with van der Waals surface area (Å²) in [5.41, 5.74) is 0. The lowest BCUT2D eigenvalue weighted by Gasteiger charge is -2.04. The van der Waals surface area contributed by atoms with Gasteiger partial charge in [0, 0.05) is 19.4 Å². The third-order valence-electron chi connectivity index (χ3n) is 5.71. The number of ether oxygens (including phenoxy) is 1. The summed E-state index contributed by atoms with van der Waals surface area (Å²) in [5.74, 6) is -0.114. The van der Waals surface area contributed by atoms with Crippen molar-refractivity contribution >= 4 is 5.97 Å². The van der Waals surface area contributed by atoms with Gasteiger partial charge < -0.3 is 9.84 Å². The Morgan fingerprint density at radius 2 is 1.07 bits per heavy atom. The first-order valence-electron chi connectivity index (χ1n) is 13.2. The van der Waals surface area contributed by atoms with E-state index < -0.39 is 0 Å². The third kappa shape index (κ3) is 25.2. The predicted molar refractivity (Wildman–Crippen MR) is 130 cm³/mol. The maximum absolute atomic E-state index is 11.4. The van der Waals surface area contributed by atoms with Crippen molar-refractivity contribution in [2.75, 3.05) is 13.2 Å². The highest BCUT2D eigenvalue weighted by Gasteiger charge is 2.02. The number of allylic oxidation sites excluding steroid dienone is 2. The maximum Gasteiger partial charge on any atom is 0.305 e. The number of carbonyl (C=O) groups excluding carboxylic acids is 1. The highest BCUT2D eigenvalue weighted by Crippen LogP contribution is 2.13. The number of hydrogen-bond acceptors (Lipinski definition) is 3. The number of carbonyl (C=O) groups is 1. The second-order valence-electron chi connectivity index (χ2n) is 8.75. The molecule has 30 heavy (non-hydrogen) atoms. The number of aliphatic hydroxyl groups excluding tert-OH is 1. The molecular formula is C27H52O3. The van der Waals surface area contributed by atoms with Crippen LogP contribution in [0.1, 0.15) is 142 Å². The van der Waals surface area contributed by atoms with E-state index >= 15 is 0 Å². The summed E-state index contributed by atoms with van der Waals surface area (Å²) in [5, 5.41) is 8.64. The van der Waals surface area contributed by atoms with Crippen LogP contribution in [0.2, 0.25) is 0 Å². The van der Waals surface area contributed by atoms with Gasteiger partial charge >= 0.3 is 5.97 Å². The third-order valence-corrected chi connectivity index (χ3v) is 5.71. The molecule has 0 heterocycles. The highest BCUT2D eigenvalue weighted by atomic mass is 16.5. The Labute approximate surface area is 188 Å². The summed E-state index contributed by atoms with van der Waals surface area (Å²) < 4.78 is 5.02. The van der Waals surface area contributed by atoms with Crippen LogP contribution in [0.25, 0.3) is 0 Å². The van der Waals surface area contributed by atoms with Gasteiger partial charge in [-0.3, -0.25) is 4.79 Å². The van der Waals surface area contributed by atoms with Crippen molar-refractivity contribution in [3.8, 4) is 0 Å². The fraction of sp³-hybridized carbons (Fsp3) is 0.889. The topological polar surface area (TPSA) is 46.5 Å². The summed E-state index contributed by atoms with van der Waals surface area (Å²) >= 11 is 0. The average molecular weight is 425 g/mol. The van der Waals surface area contributed by atoms with Crippen LogP contribution in [0.4, 0.5) is 0 Å². The molecule has 0 aliphatic heterocycles. The normalized spacial score (nSPS) is 11.4. The fourth-order valence-corrected chi connectivity index (χ4v) is 3.72. The molecule has 0 saturated carbocycles. The van der Waals surface area contributed by atoms with Crippen LogP contribution < -0.4 is 0 Å². The Balaban J connectivity index is 3.12. The molecule has 0 bridgehead atoms. The summed E-state index contributed by atoms with van der Waals surface area (Å²) in [7, 11) is 0. The average Bonchev–Trinajstić information content (AvgIpc) is 2.75. The van der Waals surface area contributed by atoms with E-state index in [1.807, 2.05) is 0 Å². The van der Waals surface area contributed by atoms with Crippen molar-refractivity contribution in [3.63, 3.8) is 0 Å². The van der Waals surface area contributed by atoms with Gasteiger partial charge in [0.2, 0.25) is 0 Å². The van der Waals surface area contributed by atoms with Crippen LogP contribution in [0.5, 0.6) is 0 Å². The second kappa shape index (κ2) is 26.2. The SMILES string of the molecule is CCCCCCCC/C=C\CCCCCCCCCCCCCC(=O)OCCCO. The smallest absolute Gasteiger partial charge is 0.305 e. The molecule has 0 spiro atoms. The maximum atomic E-state index is 11.4. The largest absolute Gasteiger partial charge is 0.466 e. The van der Waals surface area contributed by atoms with E-state index in [0.717, 1.165) is 12.8 Å². The van der Waals surface area contributed by atoms with Gasteiger partial charge in [0.25, 0.3) is 0 Å². The second-order valence-corrected chi connectivity index (χ2v) is 8.75. The zero-order valence-corrected chi connectivity index (χ0v) is 20.2. The molecule has 0 aromatic heterocycles. The number of aliphatic hydroxyl groups is 1. The molecule has 0 amide bonds. The van der Waals surface area contributed by atoms with E-state index in [0.29, 0.717) is 19.4 Å². The summed E-state index contributed by atoms with van der Waals surface area (Å²) in [6.45, 7) is 2.72. The minimum atomic E-state index is -0.114. The van der Waals surface area contributed by atoms with E-state index in [1.54, 1.807) is 0 Å². The number of hydrogen-bond donors (Lipinski definition) is 1. The van der Waals surface area contributed by atoms with Crippen molar-refractivity contribution in [2.24, 2.45) is 0 Å². The van der Waals surface area contributed by atoms with E-state index in [-0.39, 0.29) is 12.6 Å². The zero-order chi connectivity index (χ0) is 22.0. The van der Waals surface area contributed by atoms with E-state index in [2.05, 4.69) is 19.1 Å². The van der Waals surface area contributed by atoms with Crippen molar-refractivity contribution in [1.82, 2.24) is 0 Å². The van der Waals surface area contributed by atoms with Gasteiger partial charge in [-0.2, -0.15) is 0 Å². The van der Waals surface area contributed by atoms with E-state index in [4.69, 9.17) is 9.84 Å². The first-order valence-corrected chi connectivity index (χ1v) is 13.2. The highest BCUT2D eigenvalue weighted by molar-refractivity contribution is 5.69. The molecule has 3 heteroatoms. The molecule has 0 aromatic carbocycles. The lowest BCUT2D eigenvalue weighted by Crippen LogP contribution is -2.06. The molecular weight excluding hydrogens is 372 g/mol. The summed E-state index contributed by atoms with van der Waals surface area (Å²) in [4.78, 5) is 11.4. The summed E-state index contributed by atoms with van der Waals surface area (Å²) in [6.07, 6.45) is 31.0. The van der Waals surface area contributed by atoms with Crippen LogP contribution in [0.15, 0.2) is 12.2 Å².